The monoisotopic (exact) mass is 237 g/mol. The molecular weight excluding hydrogens is 230 g/mol. The average molecular weight is 238 g/mol. The molecule has 2 rings (SSSR count). The summed E-state index contributed by atoms with van der Waals surface area (Å²) in [6.07, 6.45) is 1.37. The molecule has 0 spiro atoms. The largest absolute Gasteiger partial charge is 0.398 e. The normalized spacial score (nSPS) is 10.1. The number of carbonyl (C=O) groups excluding carboxylic acids is 1. The van der Waals surface area contributed by atoms with Crippen molar-refractivity contribution < 1.29 is 9.32 Å². The van der Waals surface area contributed by atoms with Gasteiger partial charge in [-0.3, -0.25) is 4.79 Å². The maximum absolute atomic E-state index is 11.7. The fourth-order valence-corrected chi connectivity index (χ4v) is 1.27. The molecule has 1 heterocycles. The van der Waals surface area contributed by atoms with Crippen LogP contribution in [0, 0.1) is 0 Å². The van der Waals surface area contributed by atoms with Crippen LogP contribution in [0.25, 0.3) is 0 Å². The quantitative estimate of drug-likeness (QED) is 0.785. The summed E-state index contributed by atoms with van der Waals surface area (Å²) in [4.78, 5) is 11.7. The van der Waals surface area contributed by atoms with Crippen molar-refractivity contribution in [2.45, 2.75) is 0 Å². The number of nitrogens with one attached hydrogen (secondary N) is 1. The van der Waals surface area contributed by atoms with Gasteiger partial charge in [0.25, 0.3) is 5.91 Å². The summed E-state index contributed by atoms with van der Waals surface area (Å²) in [5.74, 6) is 0.0239. The zero-order valence-corrected chi connectivity index (χ0v) is 8.86. The molecule has 82 valence electrons. The number of halogens is 1. The third-order valence-electron chi connectivity index (χ3n) is 1.94. The lowest BCUT2D eigenvalue weighted by Crippen LogP contribution is -2.12. The smallest absolute Gasteiger partial charge is 0.256 e. The summed E-state index contributed by atoms with van der Waals surface area (Å²) < 4.78 is 4.58. The molecule has 3 N–H and O–H groups in total. The minimum Gasteiger partial charge on any atom is -0.398 e. The van der Waals surface area contributed by atoms with Crippen LogP contribution in [-0.4, -0.2) is 11.1 Å². The Labute approximate surface area is 96.2 Å². The number of hydrogen-bond acceptors (Lipinski definition) is 4. The highest BCUT2D eigenvalue weighted by molar-refractivity contribution is 6.33. The first kappa shape index (κ1) is 10.5. The summed E-state index contributed by atoms with van der Waals surface area (Å²) in [6.45, 7) is 0. The Kier molecular flexibility index (Phi) is 2.78. The van der Waals surface area contributed by atoms with Crippen LogP contribution in [0.1, 0.15) is 10.4 Å². The van der Waals surface area contributed by atoms with Crippen LogP contribution in [0.2, 0.25) is 5.02 Å². The van der Waals surface area contributed by atoms with E-state index in [-0.39, 0.29) is 5.91 Å². The van der Waals surface area contributed by atoms with Crippen molar-refractivity contribution in [3.05, 3.63) is 41.1 Å². The molecule has 2 aromatic rings. The Morgan fingerprint density at radius 2 is 2.25 bits per heavy atom. The van der Waals surface area contributed by atoms with E-state index in [1.807, 2.05) is 0 Å². The van der Waals surface area contributed by atoms with Gasteiger partial charge in [-0.05, 0) is 18.2 Å². The first-order chi connectivity index (χ1) is 7.66. The molecule has 5 nitrogen and oxygen atoms in total. The van der Waals surface area contributed by atoms with Gasteiger partial charge >= 0.3 is 0 Å². The summed E-state index contributed by atoms with van der Waals surface area (Å²) in [7, 11) is 0. The number of nitrogens with two attached hydrogens (primary N) is 1. The molecule has 0 fully saturated rings. The van der Waals surface area contributed by atoms with E-state index in [9.17, 15) is 4.79 Å². The van der Waals surface area contributed by atoms with Gasteiger partial charge in [0.2, 0.25) is 0 Å². The number of nitrogen functional groups attached to an aromatic ring is 1. The Balaban J connectivity index is 2.18. The Hall–Kier alpha value is -2.01. The second-order valence-electron chi connectivity index (χ2n) is 3.08. The molecular formula is C10H8ClN3O2. The number of benzene rings is 1. The van der Waals surface area contributed by atoms with Crippen molar-refractivity contribution in [1.82, 2.24) is 5.16 Å². The first-order valence-electron chi connectivity index (χ1n) is 4.43. The maximum Gasteiger partial charge on any atom is 0.256 e. The Morgan fingerprint density at radius 1 is 1.44 bits per heavy atom. The van der Waals surface area contributed by atoms with E-state index >= 15 is 0 Å². The number of nitrogens with zero attached hydrogens (tertiary/aromatic N) is 1. The molecule has 0 aliphatic rings. The minimum absolute atomic E-state index is 0.322. The minimum atomic E-state index is -0.322. The van der Waals surface area contributed by atoms with Gasteiger partial charge in [-0.1, -0.05) is 16.8 Å². The molecule has 0 saturated carbocycles. The van der Waals surface area contributed by atoms with Gasteiger partial charge in [-0.25, -0.2) is 0 Å². The Morgan fingerprint density at radius 3 is 2.88 bits per heavy atom. The second-order valence-corrected chi connectivity index (χ2v) is 3.48. The zero-order chi connectivity index (χ0) is 11.5. The molecule has 16 heavy (non-hydrogen) atoms. The lowest BCUT2D eigenvalue weighted by atomic mass is 10.2. The fraction of sp³-hybridized carbons (Fsp3) is 0. The molecule has 0 saturated heterocycles. The lowest BCUT2D eigenvalue weighted by molar-refractivity contribution is 0.102. The van der Waals surface area contributed by atoms with E-state index in [4.69, 9.17) is 17.3 Å². The molecule has 0 atom stereocenters. The summed E-state index contributed by atoms with van der Waals surface area (Å²) in [5.41, 5.74) is 6.35. The number of rotatable bonds is 2. The van der Waals surface area contributed by atoms with E-state index in [1.54, 1.807) is 12.1 Å². The second kappa shape index (κ2) is 4.24. The van der Waals surface area contributed by atoms with Crippen LogP contribution >= 0.6 is 11.6 Å². The Bertz CT molecular complexity index is 511. The number of anilines is 2. The molecule has 1 aromatic carbocycles. The van der Waals surface area contributed by atoms with E-state index < -0.39 is 0 Å². The third kappa shape index (κ3) is 2.14. The van der Waals surface area contributed by atoms with Crippen LogP contribution in [0.5, 0.6) is 0 Å². The topological polar surface area (TPSA) is 81.2 Å². The standard InChI is InChI=1S/C10H8ClN3O2/c11-7-2-1-6(5-8(7)12)10(15)13-9-3-4-16-14-9/h1-5H,12H2,(H,13,14,15). The molecule has 1 aromatic heterocycles. The number of hydrogen-bond donors (Lipinski definition) is 2. The van der Waals surface area contributed by atoms with Crippen molar-refractivity contribution >= 4 is 29.0 Å². The SMILES string of the molecule is Nc1cc(C(=O)Nc2ccon2)ccc1Cl. The summed E-state index contributed by atoms with van der Waals surface area (Å²) in [6, 6.07) is 6.18. The van der Waals surface area contributed by atoms with E-state index in [0.29, 0.717) is 22.1 Å². The summed E-state index contributed by atoms with van der Waals surface area (Å²) in [5, 5.41) is 6.51. The predicted molar refractivity (Wildman–Crippen MR) is 60.3 cm³/mol. The van der Waals surface area contributed by atoms with E-state index in [2.05, 4.69) is 15.0 Å². The highest BCUT2D eigenvalue weighted by Crippen LogP contribution is 2.19. The van der Waals surface area contributed by atoms with Crippen molar-refractivity contribution in [2.75, 3.05) is 11.1 Å². The van der Waals surface area contributed by atoms with Gasteiger partial charge in [-0.2, -0.15) is 0 Å². The van der Waals surface area contributed by atoms with Gasteiger partial charge in [0.15, 0.2) is 5.82 Å². The van der Waals surface area contributed by atoms with Crippen LogP contribution in [-0.2, 0) is 0 Å². The number of amides is 1. The first-order valence-corrected chi connectivity index (χ1v) is 4.81. The summed E-state index contributed by atoms with van der Waals surface area (Å²) >= 11 is 5.74. The molecule has 0 bridgehead atoms. The third-order valence-corrected chi connectivity index (χ3v) is 2.28. The molecule has 1 amide bonds. The molecule has 0 aliphatic carbocycles. The number of carbonyl (C=O) groups is 1. The number of aromatic nitrogens is 1. The van der Waals surface area contributed by atoms with Crippen LogP contribution in [0.15, 0.2) is 35.1 Å². The molecule has 0 aliphatic heterocycles. The molecule has 0 radical (unpaired) electrons. The highest BCUT2D eigenvalue weighted by atomic mass is 35.5. The van der Waals surface area contributed by atoms with Crippen LogP contribution in [0.3, 0.4) is 0 Å². The van der Waals surface area contributed by atoms with Crippen molar-refractivity contribution in [3.63, 3.8) is 0 Å². The van der Waals surface area contributed by atoms with Gasteiger partial charge in [0.1, 0.15) is 6.26 Å². The lowest BCUT2D eigenvalue weighted by Gasteiger charge is -2.03. The van der Waals surface area contributed by atoms with Crippen LogP contribution in [0.4, 0.5) is 11.5 Å². The van der Waals surface area contributed by atoms with Crippen molar-refractivity contribution in [3.8, 4) is 0 Å². The fourth-order valence-electron chi connectivity index (χ4n) is 1.15. The highest BCUT2D eigenvalue weighted by Gasteiger charge is 2.09. The molecule has 0 unspecified atom stereocenters. The maximum atomic E-state index is 11.7. The van der Waals surface area contributed by atoms with Gasteiger partial charge in [-0.15, -0.1) is 0 Å². The van der Waals surface area contributed by atoms with Crippen LogP contribution < -0.4 is 11.1 Å². The zero-order valence-electron chi connectivity index (χ0n) is 8.11. The van der Waals surface area contributed by atoms with Crippen molar-refractivity contribution in [2.24, 2.45) is 0 Å². The van der Waals surface area contributed by atoms with E-state index in [0.717, 1.165) is 0 Å². The van der Waals surface area contributed by atoms with Gasteiger partial charge in [0, 0.05) is 11.6 Å². The van der Waals surface area contributed by atoms with E-state index in [1.165, 1.54) is 18.4 Å². The average Bonchev–Trinajstić information content (AvgIpc) is 2.74. The van der Waals surface area contributed by atoms with Crippen molar-refractivity contribution in [1.29, 1.82) is 0 Å². The molecule has 6 heteroatoms. The van der Waals surface area contributed by atoms with Gasteiger partial charge < -0.3 is 15.6 Å². The van der Waals surface area contributed by atoms with Gasteiger partial charge in [0.05, 0.1) is 10.7 Å². The predicted octanol–water partition coefficient (Wildman–Crippen LogP) is 2.16.